The van der Waals surface area contributed by atoms with E-state index in [1.807, 2.05) is 24.3 Å². The topological polar surface area (TPSA) is 42.2 Å². The summed E-state index contributed by atoms with van der Waals surface area (Å²) in [6, 6.07) is 9.46. The SMILES string of the molecule is COc1ccc(OCCC(C#N)CCl)cc1. The van der Waals surface area contributed by atoms with Crippen molar-refractivity contribution < 1.29 is 9.47 Å². The van der Waals surface area contributed by atoms with Crippen LogP contribution in [-0.2, 0) is 0 Å². The summed E-state index contributed by atoms with van der Waals surface area (Å²) in [4.78, 5) is 0. The Balaban J connectivity index is 2.34. The van der Waals surface area contributed by atoms with Crippen LogP contribution >= 0.6 is 11.6 Å². The number of halogens is 1. The van der Waals surface area contributed by atoms with E-state index >= 15 is 0 Å². The molecule has 1 atom stereocenters. The normalized spacial score (nSPS) is 11.6. The summed E-state index contributed by atoms with van der Waals surface area (Å²) in [7, 11) is 1.62. The number of hydrogen-bond donors (Lipinski definition) is 0. The lowest BCUT2D eigenvalue weighted by Gasteiger charge is -2.08. The lowest BCUT2D eigenvalue weighted by atomic mass is 10.1. The molecule has 1 aromatic rings. The van der Waals surface area contributed by atoms with Gasteiger partial charge >= 0.3 is 0 Å². The average molecular weight is 240 g/mol. The Labute approximate surface area is 101 Å². The maximum Gasteiger partial charge on any atom is 0.119 e. The van der Waals surface area contributed by atoms with Gasteiger partial charge < -0.3 is 9.47 Å². The van der Waals surface area contributed by atoms with Crippen LogP contribution in [0.2, 0.25) is 0 Å². The Kier molecular flexibility index (Phi) is 5.52. The van der Waals surface area contributed by atoms with Crippen LogP contribution in [0.1, 0.15) is 6.42 Å². The van der Waals surface area contributed by atoms with E-state index in [2.05, 4.69) is 6.07 Å². The van der Waals surface area contributed by atoms with Crippen LogP contribution in [-0.4, -0.2) is 19.6 Å². The Bertz CT molecular complexity index is 345. The van der Waals surface area contributed by atoms with E-state index < -0.39 is 0 Å². The first-order valence-corrected chi connectivity index (χ1v) is 5.56. The standard InChI is InChI=1S/C12H14ClNO2/c1-15-11-2-4-12(5-3-11)16-7-6-10(8-13)9-14/h2-5,10H,6-8H2,1H3. The van der Waals surface area contributed by atoms with Crippen LogP contribution in [0.25, 0.3) is 0 Å². The van der Waals surface area contributed by atoms with Gasteiger partial charge in [0.15, 0.2) is 0 Å². The third-order valence-corrected chi connectivity index (χ3v) is 2.54. The molecule has 0 radical (unpaired) electrons. The van der Waals surface area contributed by atoms with Crippen LogP contribution < -0.4 is 9.47 Å². The van der Waals surface area contributed by atoms with Gasteiger partial charge in [-0.05, 0) is 30.7 Å². The van der Waals surface area contributed by atoms with Gasteiger partial charge in [0.25, 0.3) is 0 Å². The van der Waals surface area contributed by atoms with E-state index in [1.165, 1.54) is 0 Å². The molecule has 4 heteroatoms. The molecule has 0 spiro atoms. The fraction of sp³-hybridized carbons (Fsp3) is 0.417. The maximum atomic E-state index is 8.68. The van der Waals surface area contributed by atoms with Crippen molar-refractivity contribution in [1.82, 2.24) is 0 Å². The van der Waals surface area contributed by atoms with Gasteiger partial charge in [-0.3, -0.25) is 0 Å². The first-order chi connectivity index (χ1) is 7.80. The number of alkyl halides is 1. The summed E-state index contributed by atoms with van der Waals surface area (Å²) in [5.41, 5.74) is 0. The average Bonchev–Trinajstić information content (AvgIpc) is 2.35. The van der Waals surface area contributed by atoms with Gasteiger partial charge in [-0.1, -0.05) is 0 Å². The summed E-state index contributed by atoms with van der Waals surface area (Å²) in [5.74, 6) is 1.78. The Morgan fingerprint density at radius 1 is 1.31 bits per heavy atom. The van der Waals surface area contributed by atoms with Gasteiger partial charge in [-0.15, -0.1) is 11.6 Å². The Morgan fingerprint density at radius 2 is 1.94 bits per heavy atom. The van der Waals surface area contributed by atoms with Gasteiger partial charge in [-0.25, -0.2) is 0 Å². The van der Waals surface area contributed by atoms with E-state index in [0.29, 0.717) is 18.9 Å². The molecule has 3 nitrogen and oxygen atoms in total. The zero-order valence-electron chi connectivity index (χ0n) is 9.15. The third-order valence-electron chi connectivity index (χ3n) is 2.16. The summed E-state index contributed by atoms with van der Waals surface area (Å²) >= 11 is 5.59. The van der Waals surface area contributed by atoms with Crippen molar-refractivity contribution in [3.05, 3.63) is 24.3 Å². The van der Waals surface area contributed by atoms with Crippen molar-refractivity contribution in [3.8, 4) is 17.6 Å². The molecular weight excluding hydrogens is 226 g/mol. The number of ether oxygens (including phenoxy) is 2. The molecular formula is C12H14ClNO2. The van der Waals surface area contributed by atoms with Crippen molar-refractivity contribution in [2.75, 3.05) is 19.6 Å². The van der Waals surface area contributed by atoms with Crippen molar-refractivity contribution in [3.63, 3.8) is 0 Å². The molecule has 0 aliphatic heterocycles. The van der Waals surface area contributed by atoms with Gasteiger partial charge in [0.1, 0.15) is 11.5 Å². The molecule has 0 fully saturated rings. The van der Waals surface area contributed by atoms with Gasteiger partial charge in [0, 0.05) is 5.88 Å². The number of nitrogens with zero attached hydrogens (tertiary/aromatic N) is 1. The zero-order chi connectivity index (χ0) is 11.8. The molecule has 0 heterocycles. The second-order valence-electron chi connectivity index (χ2n) is 3.29. The van der Waals surface area contributed by atoms with Crippen molar-refractivity contribution in [1.29, 1.82) is 5.26 Å². The molecule has 0 aliphatic carbocycles. The van der Waals surface area contributed by atoms with E-state index in [4.69, 9.17) is 26.3 Å². The Hall–Kier alpha value is -1.40. The second-order valence-corrected chi connectivity index (χ2v) is 3.60. The predicted molar refractivity (Wildman–Crippen MR) is 62.9 cm³/mol. The number of nitriles is 1. The quantitative estimate of drug-likeness (QED) is 0.717. The smallest absolute Gasteiger partial charge is 0.119 e. The van der Waals surface area contributed by atoms with E-state index in [-0.39, 0.29) is 5.92 Å². The first-order valence-electron chi connectivity index (χ1n) is 5.02. The molecule has 1 unspecified atom stereocenters. The first kappa shape index (κ1) is 12.7. The van der Waals surface area contributed by atoms with Crippen molar-refractivity contribution >= 4 is 11.6 Å². The van der Waals surface area contributed by atoms with E-state index in [9.17, 15) is 0 Å². The lowest BCUT2D eigenvalue weighted by Crippen LogP contribution is -2.06. The number of methoxy groups -OCH3 is 1. The minimum Gasteiger partial charge on any atom is -0.497 e. The largest absolute Gasteiger partial charge is 0.497 e. The molecule has 86 valence electrons. The molecule has 1 rings (SSSR count). The van der Waals surface area contributed by atoms with Gasteiger partial charge in [0.2, 0.25) is 0 Å². The zero-order valence-corrected chi connectivity index (χ0v) is 9.91. The Morgan fingerprint density at radius 3 is 2.44 bits per heavy atom. The van der Waals surface area contributed by atoms with Crippen LogP contribution in [0, 0.1) is 17.2 Å². The summed E-state index contributed by atoms with van der Waals surface area (Å²) < 4.78 is 10.5. The van der Waals surface area contributed by atoms with Gasteiger partial charge in [-0.2, -0.15) is 5.26 Å². The monoisotopic (exact) mass is 239 g/mol. The van der Waals surface area contributed by atoms with Gasteiger partial charge in [0.05, 0.1) is 25.7 Å². The lowest BCUT2D eigenvalue weighted by molar-refractivity contribution is 0.297. The fourth-order valence-electron chi connectivity index (χ4n) is 1.17. The van der Waals surface area contributed by atoms with Crippen LogP contribution in [0.4, 0.5) is 0 Å². The summed E-state index contributed by atoms with van der Waals surface area (Å²) in [5, 5.41) is 8.68. The molecule has 0 aliphatic rings. The number of rotatable bonds is 6. The minimum atomic E-state index is -0.139. The predicted octanol–water partition coefficient (Wildman–Crippen LogP) is 2.84. The van der Waals surface area contributed by atoms with E-state index in [0.717, 1.165) is 11.5 Å². The minimum absolute atomic E-state index is 0.139. The molecule has 0 saturated heterocycles. The molecule has 1 aromatic carbocycles. The molecule has 0 saturated carbocycles. The van der Waals surface area contributed by atoms with Crippen LogP contribution in [0.5, 0.6) is 11.5 Å². The molecule has 16 heavy (non-hydrogen) atoms. The molecule has 0 amide bonds. The highest BCUT2D eigenvalue weighted by molar-refractivity contribution is 6.18. The summed E-state index contributed by atoms with van der Waals surface area (Å²) in [6.45, 7) is 0.497. The second kappa shape index (κ2) is 6.97. The number of hydrogen-bond acceptors (Lipinski definition) is 3. The fourth-order valence-corrected chi connectivity index (χ4v) is 1.39. The van der Waals surface area contributed by atoms with Crippen molar-refractivity contribution in [2.45, 2.75) is 6.42 Å². The highest BCUT2D eigenvalue weighted by Gasteiger charge is 2.05. The van der Waals surface area contributed by atoms with E-state index in [1.54, 1.807) is 7.11 Å². The van der Waals surface area contributed by atoms with Crippen LogP contribution in [0.15, 0.2) is 24.3 Å². The summed E-state index contributed by atoms with van der Waals surface area (Å²) in [6.07, 6.45) is 0.645. The highest BCUT2D eigenvalue weighted by Crippen LogP contribution is 2.17. The molecule has 0 bridgehead atoms. The number of benzene rings is 1. The molecule has 0 N–H and O–H groups in total. The molecule has 0 aromatic heterocycles. The van der Waals surface area contributed by atoms with Crippen molar-refractivity contribution in [2.24, 2.45) is 5.92 Å². The maximum absolute atomic E-state index is 8.68. The highest BCUT2D eigenvalue weighted by atomic mass is 35.5. The third kappa shape index (κ3) is 4.00. The van der Waals surface area contributed by atoms with Crippen LogP contribution in [0.3, 0.4) is 0 Å².